The molecule has 0 radical (unpaired) electrons. The maximum absolute atomic E-state index is 13.0. The summed E-state index contributed by atoms with van der Waals surface area (Å²) in [7, 11) is 0. The van der Waals surface area contributed by atoms with Crippen molar-refractivity contribution >= 4 is 23.3 Å². The van der Waals surface area contributed by atoms with Gasteiger partial charge in [-0.25, -0.2) is 4.98 Å². The number of halogens is 1. The minimum absolute atomic E-state index is 0.0410. The summed E-state index contributed by atoms with van der Waals surface area (Å²) in [5.41, 5.74) is 7.87. The molecular formula is C28H30ClN5O2. The van der Waals surface area contributed by atoms with E-state index in [2.05, 4.69) is 49.4 Å². The first-order valence-electron chi connectivity index (χ1n) is 11.8. The number of aromatic nitrogens is 1. The van der Waals surface area contributed by atoms with Crippen molar-refractivity contribution < 1.29 is 9.53 Å². The summed E-state index contributed by atoms with van der Waals surface area (Å²) >= 11 is 6.51. The molecule has 4 N–H and O–H groups in total. The van der Waals surface area contributed by atoms with Gasteiger partial charge in [0.2, 0.25) is 0 Å². The van der Waals surface area contributed by atoms with Crippen LogP contribution in [0.25, 0.3) is 11.1 Å². The summed E-state index contributed by atoms with van der Waals surface area (Å²) in [5.74, 6) is 0.801. The number of carbonyl (C=O) groups excluding carboxylic acids is 1. The summed E-state index contributed by atoms with van der Waals surface area (Å²) in [4.78, 5) is 17.1. The van der Waals surface area contributed by atoms with Crippen LogP contribution < -0.4 is 21.1 Å². The van der Waals surface area contributed by atoms with Crippen LogP contribution in [0.4, 0.5) is 5.82 Å². The van der Waals surface area contributed by atoms with E-state index >= 15 is 0 Å². The maximum Gasteiger partial charge on any atom is 0.251 e. The largest absolute Gasteiger partial charge is 0.454 e. The Morgan fingerprint density at radius 2 is 1.81 bits per heavy atom. The summed E-state index contributed by atoms with van der Waals surface area (Å²) in [6, 6.07) is 15.9. The zero-order chi connectivity index (χ0) is 26.1. The molecule has 0 aliphatic carbocycles. The number of amides is 1. The number of pyridine rings is 1. The molecule has 3 aromatic rings. The van der Waals surface area contributed by atoms with E-state index in [1.807, 2.05) is 0 Å². The molecule has 0 unspecified atom stereocenters. The van der Waals surface area contributed by atoms with Gasteiger partial charge in [0.15, 0.2) is 0 Å². The van der Waals surface area contributed by atoms with Gasteiger partial charge in [0.1, 0.15) is 28.9 Å². The Balaban J connectivity index is 1.54. The highest BCUT2D eigenvalue weighted by Crippen LogP contribution is 2.37. The number of hydrogen-bond donors (Lipinski definition) is 3. The minimum atomic E-state index is -0.186. The number of nitrogen functional groups attached to an aromatic ring is 1. The number of carbonyl (C=O) groups is 1. The topological polar surface area (TPSA) is 113 Å². The van der Waals surface area contributed by atoms with Gasteiger partial charge in [0, 0.05) is 40.0 Å². The van der Waals surface area contributed by atoms with Gasteiger partial charge in [0.05, 0.1) is 5.02 Å². The molecule has 2 heterocycles. The molecule has 186 valence electrons. The van der Waals surface area contributed by atoms with E-state index in [-0.39, 0.29) is 28.0 Å². The van der Waals surface area contributed by atoms with Crippen LogP contribution in [0, 0.1) is 11.3 Å². The smallest absolute Gasteiger partial charge is 0.251 e. The minimum Gasteiger partial charge on any atom is -0.454 e. The van der Waals surface area contributed by atoms with Crippen molar-refractivity contribution in [3.63, 3.8) is 0 Å². The van der Waals surface area contributed by atoms with Crippen LogP contribution in [-0.4, -0.2) is 28.0 Å². The normalized spacial score (nSPS) is 16.7. The molecule has 1 saturated heterocycles. The lowest BCUT2D eigenvalue weighted by molar-refractivity contribution is 0.0873. The average molecular weight is 504 g/mol. The van der Waals surface area contributed by atoms with Crippen LogP contribution >= 0.6 is 11.6 Å². The fourth-order valence-corrected chi connectivity index (χ4v) is 5.36. The van der Waals surface area contributed by atoms with Crippen molar-refractivity contribution in [3.05, 3.63) is 70.9 Å². The number of nitrogens with zero attached hydrogens (tertiary/aromatic N) is 2. The molecular weight excluding hydrogens is 474 g/mol. The molecule has 4 rings (SSSR count). The monoisotopic (exact) mass is 503 g/mol. The molecule has 1 amide bonds. The predicted octanol–water partition coefficient (Wildman–Crippen LogP) is 5.69. The molecule has 7 nitrogen and oxygen atoms in total. The summed E-state index contributed by atoms with van der Waals surface area (Å²) in [6.45, 7) is 8.57. The number of hydrogen-bond acceptors (Lipinski definition) is 6. The molecule has 1 aliphatic rings. The second-order valence-electron chi connectivity index (χ2n) is 10.4. The van der Waals surface area contributed by atoms with E-state index in [9.17, 15) is 10.1 Å². The fraction of sp³-hybridized carbons (Fsp3) is 0.321. The van der Waals surface area contributed by atoms with E-state index in [0.29, 0.717) is 39.6 Å². The van der Waals surface area contributed by atoms with Crippen molar-refractivity contribution in [1.29, 1.82) is 5.26 Å². The van der Waals surface area contributed by atoms with E-state index < -0.39 is 0 Å². The van der Waals surface area contributed by atoms with E-state index in [0.717, 1.165) is 12.8 Å². The van der Waals surface area contributed by atoms with Gasteiger partial charge >= 0.3 is 0 Å². The van der Waals surface area contributed by atoms with Gasteiger partial charge in [-0.05, 0) is 76.9 Å². The summed E-state index contributed by atoms with van der Waals surface area (Å²) in [6.07, 6.45) is 3.24. The predicted molar refractivity (Wildman–Crippen MR) is 142 cm³/mol. The van der Waals surface area contributed by atoms with Crippen LogP contribution in [-0.2, 0) is 0 Å². The standard InChI is InChI=1S/C28H30ClN5O2/c1-27(2)14-18(15-28(3,4)34-27)33-26(35)17-10-11-24(22(29)13-17)36-23-9-5-7-19(21(23)16-30)20-8-6-12-32-25(20)31/h5-13,18,34H,14-15H2,1-4H3,(H2,31,32)(H,33,35). The van der Waals surface area contributed by atoms with Gasteiger partial charge in [-0.1, -0.05) is 23.7 Å². The third-order valence-electron chi connectivity index (χ3n) is 6.21. The molecule has 1 fully saturated rings. The van der Waals surface area contributed by atoms with Crippen LogP contribution in [0.3, 0.4) is 0 Å². The first-order valence-corrected chi connectivity index (χ1v) is 12.2. The van der Waals surface area contributed by atoms with Gasteiger partial charge < -0.3 is 21.1 Å². The second-order valence-corrected chi connectivity index (χ2v) is 10.9. The Labute approximate surface area is 216 Å². The summed E-state index contributed by atoms with van der Waals surface area (Å²) < 4.78 is 6.02. The average Bonchev–Trinajstić information content (AvgIpc) is 2.78. The molecule has 1 aliphatic heterocycles. The number of piperidine rings is 1. The van der Waals surface area contributed by atoms with E-state index in [1.165, 1.54) is 0 Å². The highest BCUT2D eigenvalue weighted by atomic mass is 35.5. The number of benzene rings is 2. The van der Waals surface area contributed by atoms with Gasteiger partial charge in [0.25, 0.3) is 5.91 Å². The quantitative estimate of drug-likeness (QED) is 0.412. The summed E-state index contributed by atoms with van der Waals surface area (Å²) in [5, 5.41) is 16.9. The van der Waals surface area contributed by atoms with Crippen molar-refractivity contribution in [3.8, 4) is 28.7 Å². The number of nitrogens with one attached hydrogen (secondary N) is 2. The van der Waals surface area contributed by atoms with E-state index in [1.54, 1.807) is 54.7 Å². The molecule has 0 spiro atoms. The zero-order valence-electron chi connectivity index (χ0n) is 20.9. The third kappa shape index (κ3) is 5.62. The lowest BCUT2D eigenvalue weighted by atomic mass is 9.79. The molecule has 2 aromatic carbocycles. The Morgan fingerprint density at radius 3 is 2.44 bits per heavy atom. The molecule has 0 atom stereocenters. The van der Waals surface area contributed by atoms with Crippen molar-refractivity contribution in [2.24, 2.45) is 0 Å². The molecule has 0 saturated carbocycles. The van der Waals surface area contributed by atoms with Crippen LogP contribution in [0.5, 0.6) is 11.5 Å². The first kappa shape index (κ1) is 25.5. The maximum atomic E-state index is 13.0. The Kier molecular flexibility index (Phi) is 6.94. The first-order chi connectivity index (χ1) is 17.0. The van der Waals surface area contributed by atoms with Crippen LogP contribution in [0.2, 0.25) is 5.02 Å². The lowest BCUT2D eigenvalue weighted by Crippen LogP contribution is -2.62. The number of nitrogens with two attached hydrogens (primary N) is 1. The molecule has 36 heavy (non-hydrogen) atoms. The molecule has 8 heteroatoms. The second kappa shape index (κ2) is 9.81. The molecule has 0 bridgehead atoms. The van der Waals surface area contributed by atoms with Crippen molar-refractivity contribution in [2.75, 3.05) is 5.73 Å². The number of ether oxygens (including phenoxy) is 1. The highest BCUT2D eigenvalue weighted by molar-refractivity contribution is 6.32. The lowest BCUT2D eigenvalue weighted by Gasteiger charge is -2.46. The number of nitriles is 1. The SMILES string of the molecule is CC1(C)CC(NC(=O)c2ccc(Oc3cccc(-c4cccnc4N)c3C#N)c(Cl)c2)CC(C)(C)N1. The van der Waals surface area contributed by atoms with Crippen molar-refractivity contribution in [1.82, 2.24) is 15.6 Å². The Hall–Kier alpha value is -3.60. The zero-order valence-corrected chi connectivity index (χ0v) is 21.6. The van der Waals surface area contributed by atoms with Crippen molar-refractivity contribution in [2.45, 2.75) is 57.7 Å². The Morgan fingerprint density at radius 1 is 1.11 bits per heavy atom. The third-order valence-corrected chi connectivity index (χ3v) is 6.50. The molecule has 1 aromatic heterocycles. The number of anilines is 1. The van der Waals surface area contributed by atoms with Gasteiger partial charge in [-0.15, -0.1) is 0 Å². The van der Waals surface area contributed by atoms with E-state index in [4.69, 9.17) is 22.1 Å². The Bertz CT molecular complexity index is 1330. The van der Waals surface area contributed by atoms with Gasteiger partial charge in [-0.2, -0.15) is 5.26 Å². The number of rotatable bonds is 5. The van der Waals surface area contributed by atoms with Crippen LogP contribution in [0.1, 0.15) is 56.5 Å². The fourth-order valence-electron chi connectivity index (χ4n) is 5.14. The van der Waals surface area contributed by atoms with Gasteiger partial charge in [-0.3, -0.25) is 4.79 Å². The van der Waals surface area contributed by atoms with Crippen LogP contribution in [0.15, 0.2) is 54.7 Å². The highest BCUT2D eigenvalue weighted by Gasteiger charge is 2.38.